The maximum Gasteiger partial charge on any atom is 0.333 e. The predicted octanol–water partition coefficient (Wildman–Crippen LogP) is 3.90. The second-order valence-corrected chi connectivity index (χ2v) is 25.7. The van der Waals surface area contributed by atoms with Gasteiger partial charge in [-0.25, -0.2) is 46.9 Å². The number of rotatable bonds is 20. The van der Waals surface area contributed by atoms with Crippen molar-refractivity contribution in [3.05, 3.63) is 95.2 Å². The standard InChI is InChI=1S/C48H53N3O20S5/c1-6-49-36-14-12-32-34(25-30(73(58,59)60)27-38(32)75(64,65)66)45(36)47(3,20-8-24-72(55,56)57)40(49)16-10-29(2)11-17-41-48(4,21-23-70-5)46-35-26-31(74(61,62)63)28-39(76(67,68)69)33(35)13-15-37(46)50(41)22-7-9-44(54)71-51-42(52)18-19-43(51)53/h10-17,25-28H,6-9,18-24H2,1-5H3,(H4-,55,56,57,58,59,60,61,62,63,64,65,66,67,68,69)/p-4. The van der Waals surface area contributed by atoms with Crippen LogP contribution < -0.4 is 4.90 Å². The van der Waals surface area contributed by atoms with Gasteiger partial charge in [0.25, 0.3) is 11.8 Å². The van der Waals surface area contributed by atoms with Gasteiger partial charge in [-0.1, -0.05) is 23.8 Å². The van der Waals surface area contributed by atoms with Crippen LogP contribution in [-0.4, -0.2) is 131 Å². The largest absolute Gasteiger partial charge is 0.748 e. The zero-order chi connectivity index (χ0) is 56.3. The van der Waals surface area contributed by atoms with Crippen LogP contribution in [0.5, 0.6) is 0 Å². The summed E-state index contributed by atoms with van der Waals surface area (Å²) in [5.41, 5.74) is -0.0264. The molecule has 7 rings (SSSR count). The van der Waals surface area contributed by atoms with Crippen molar-refractivity contribution in [3.8, 4) is 0 Å². The molecular formula is C48H49N3O20S5-4. The van der Waals surface area contributed by atoms with E-state index >= 15 is 0 Å². The highest BCUT2D eigenvalue weighted by Gasteiger charge is 2.49. The van der Waals surface area contributed by atoms with Crippen molar-refractivity contribution in [1.29, 1.82) is 0 Å². The van der Waals surface area contributed by atoms with Gasteiger partial charge in [-0.15, -0.1) is 5.06 Å². The molecule has 0 aliphatic carbocycles. The van der Waals surface area contributed by atoms with E-state index < -0.39 is 105 Å². The Labute approximate surface area is 438 Å². The third kappa shape index (κ3) is 11.4. The zero-order valence-electron chi connectivity index (χ0n) is 41.3. The first kappa shape index (κ1) is 57.9. The van der Waals surface area contributed by atoms with E-state index in [9.17, 15) is 79.2 Å². The highest BCUT2D eigenvalue weighted by atomic mass is 32.2. The lowest BCUT2D eigenvalue weighted by molar-refractivity contribution is -0.438. The van der Waals surface area contributed by atoms with E-state index in [-0.39, 0.29) is 97.3 Å². The smallest absolute Gasteiger partial charge is 0.333 e. The third-order valence-corrected chi connectivity index (χ3v) is 17.9. The molecule has 0 saturated carbocycles. The van der Waals surface area contributed by atoms with Crippen LogP contribution in [0.25, 0.3) is 21.5 Å². The van der Waals surface area contributed by atoms with Gasteiger partial charge in [-0.05, 0) is 111 Å². The van der Waals surface area contributed by atoms with E-state index in [0.717, 1.165) is 12.1 Å². The summed E-state index contributed by atoms with van der Waals surface area (Å²) in [4.78, 5) is 40.2. The van der Waals surface area contributed by atoms with Crippen LogP contribution in [0.15, 0.2) is 104 Å². The average molecular weight is 1150 g/mol. The molecule has 23 nitrogen and oxygen atoms in total. The van der Waals surface area contributed by atoms with Crippen LogP contribution in [0, 0.1) is 0 Å². The first-order valence-corrected chi connectivity index (χ1v) is 30.4. The summed E-state index contributed by atoms with van der Waals surface area (Å²) in [7, 11) is -24.9. The van der Waals surface area contributed by atoms with E-state index in [0.29, 0.717) is 45.6 Å². The lowest BCUT2D eigenvalue weighted by Crippen LogP contribution is -2.33. The molecule has 3 aliphatic rings. The average Bonchev–Trinajstić information content (AvgIpc) is 3.85. The van der Waals surface area contributed by atoms with Gasteiger partial charge in [-0.3, -0.25) is 9.59 Å². The Morgan fingerprint density at radius 2 is 1.28 bits per heavy atom. The Hall–Kier alpha value is -5.79. The number of hydrogen-bond acceptors (Lipinski definition) is 21. The topological polar surface area (TPSA) is 365 Å². The minimum absolute atomic E-state index is 0.000875. The highest BCUT2D eigenvalue weighted by Crippen LogP contribution is 2.54. The monoisotopic (exact) mass is 1150 g/mol. The molecule has 3 aliphatic heterocycles. The highest BCUT2D eigenvalue weighted by molar-refractivity contribution is 7.87. The quantitative estimate of drug-likeness (QED) is 0.0524. The fraction of sp³-hybridized carbons (Fsp3) is 0.375. The number of carbonyl (C=O) groups excluding carboxylic acids is 3. The number of ether oxygens (including phenoxy) is 1. The van der Waals surface area contributed by atoms with Gasteiger partial charge in [-0.2, -0.15) is 4.58 Å². The van der Waals surface area contributed by atoms with Gasteiger partial charge in [0.2, 0.25) is 5.69 Å². The van der Waals surface area contributed by atoms with E-state index in [1.165, 1.54) is 31.4 Å². The fourth-order valence-electron chi connectivity index (χ4n) is 10.4. The Balaban J connectivity index is 1.40. The molecule has 0 radical (unpaired) electrons. The fourth-order valence-corrected chi connectivity index (χ4v) is 13.5. The number of anilines is 1. The van der Waals surface area contributed by atoms with Gasteiger partial charge in [0.15, 0.2) is 5.71 Å². The van der Waals surface area contributed by atoms with Crippen LogP contribution in [0.3, 0.4) is 0 Å². The number of methoxy groups -OCH3 is 1. The van der Waals surface area contributed by atoms with Gasteiger partial charge >= 0.3 is 5.97 Å². The van der Waals surface area contributed by atoms with E-state index in [2.05, 4.69) is 0 Å². The lowest BCUT2D eigenvalue weighted by atomic mass is 9.74. The van der Waals surface area contributed by atoms with Crippen molar-refractivity contribution >= 4 is 107 Å². The number of imide groups is 1. The van der Waals surface area contributed by atoms with Crippen molar-refractivity contribution < 1.29 is 93.4 Å². The molecule has 0 spiro atoms. The number of nitrogens with zero attached hydrogens (tertiary/aromatic N) is 3. The maximum absolute atomic E-state index is 13.0. The Bertz CT molecular complexity index is 3850. The van der Waals surface area contributed by atoms with Crippen molar-refractivity contribution in [2.75, 3.05) is 37.5 Å². The number of amides is 2. The lowest BCUT2D eigenvalue weighted by Gasteiger charge is -2.31. The van der Waals surface area contributed by atoms with Gasteiger partial charge in [0.05, 0.1) is 41.5 Å². The third-order valence-electron chi connectivity index (χ3n) is 13.8. The minimum Gasteiger partial charge on any atom is -0.748 e. The van der Waals surface area contributed by atoms with Gasteiger partial charge in [0, 0.05) is 85.2 Å². The summed E-state index contributed by atoms with van der Waals surface area (Å²) in [6, 6.07) is 8.44. The number of benzene rings is 4. The molecule has 0 aromatic heterocycles. The molecule has 4 aromatic rings. The second kappa shape index (κ2) is 20.9. The summed E-state index contributed by atoms with van der Waals surface area (Å²) in [6.07, 6.45) is 5.76. The molecule has 0 N–H and O–H groups in total. The van der Waals surface area contributed by atoms with Gasteiger partial charge < -0.3 is 37.2 Å². The SMILES string of the molecule is CCN1C(=CC=C(C)C=CC2=[N+](CCCC(=O)ON3C(=O)CCC3=O)c3ccc4c(S(=O)(=O)[O-])cc(S(=O)(=O)[O-])cc4c3C2(C)CCOC)C(C)(CCCS(=O)(=O)[O-])c2c1ccc1c(S(=O)(=O)[O-])cc(S(=O)(=O)[O-])cc21. The number of hydroxylamine groups is 2. The van der Waals surface area contributed by atoms with Crippen LogP contribution in [0.2, 0.25) is 0 Å². The van der Waals surface area contributed by atoms with E-state index in [1.807, 2.05) is 0 Å². The zero-order valence-corrected chi connectivity index (χ0v) is 45.3. The minimum atomic E-state index is -5.40. The molecule has 410 valence electrons. The van der Waals surface area contributed by atoms with Crippen molar-refractivity contribution in [3.63, 3.8) is 0 Å². The Morgan fingerprint density at radius 3 is 1.79 bits per heavy atom. The molecule has 28 heteroatoms. The summed E-state index contributed by atoms with van der Waals surface area (Å²) >= 11 is 0. The number of fused-ring (bicyclic) bond motifs is 6. The van der Waals surface area contributed by atoms with Crippen LogP contribution in [-0.2, 0) is 85.4 Å². The summed E-state index contributed by atoms with van der Waals surface area (Å²) in [5.74, 6) is -3.13. The molecule has 1 fully saturated rings. The van der Waals surface area contributed by atoms with Crippen LogP contribution in [0.4, 0.5) is 11.4 Å². The number of likely N-dealkylation sites (N-methyl/N-ethyl adjacent to an activating group) is 1. The van der Waals surface area contributed by atoms with Crippen molar-refractivity contribution in [1.82, 2.24) is 5.06 Å². The van der Waals surface area contributed by atoms with Crippen molar-refractivity contribution in [2.24, 2.45) is 0 Å². The molecule has 2 atom stereocenters. The molecular weight excluding hydrogens is 1100 g/mol. The summed E-state index contributed by atoms with van der Waals surface area (Å²) in [5, 5.41) is -0.194. The number of allylic oxidation sites excluding steroid dienone is 6. The van der Waals surface area contributed by atoms with E-state index in [4.69, 9.17) is 9.57 Å². The first-order chi connectivity index (χ1) is 35.2. The van der Waals surface area contributed by atoms with Crippen LogP contribution in [0.1, 0.15) is 83.8 Å². The molecule has 3 heterocycles. The number of hydrogen-bond donors (Lipinski definition) is 0. The molecule has 2 amide bonds. The summed E-state index contributed by atoms with van der Waals surface area (Å²) in [6.45, 7) is 7.03. The van der Waals surface area contributed by atoms with Gasteiger partial charge in [0.1, 0.15) is 47.0 Å². The van der Waals surface area contributed by atoms with Crippen molar-refractivity contribution in [2.45, 2.75) is 103 Å². The number of carbonyl (C=O) groups is 3. The molecule has 0 bridgehead atoms. The summed E-state index contributed by atoms with van der Waals surface area (Å²) < 4.78 is 193. The normalized spacial score (nSPS) is 20.3. The van der Waals surface area contributed by atoms with E-state index in [1.54, 1.807) is 61.5 Å². The Kier molecular flexibility index (Phi) is 15.9. The molecule has 76 heavy (non-hydrogen) atoms. The maximum atomic E-state index is 13.0. The molecule has 1 saturated heterocycles. The second-order valence-electron chi connectivity index (χ2n) is 18.8. The van der Waals surface area contributed by atoms with Crippen LogP contribution >= 0.6 is 0 Å². The molecule has 4 aromatic carbocycles. The Morgan fingerprint density at radius 1 is 0.724 bits per heavy atom. The molecule has 2 unspecified atom stereocenters. The predicted molar refractivity (Wildman–Crippen MR) is 265 cm³/mol. The first-order valence-electron chi connectivity index (χ1n) is 23.2.